The van der Waals surface area contributed by atoms with Crippen LogP contribution in [0, 0.1) is 0 Å². The minimum atomic E-state index is 0.0971. The fourth-order valence-electron chi connectivity index (χ4n) is 1.51. The van der Waals surface area contributed by atoms with Crippen LogP contribution >= 0.6 is 43.5 Å². The molecule has 0 bridgehead atoms. The van der Waals surface area contributed by atoms with Gasteiger partial charge in [-0.3, -0.25) is 4.79 Å². The number of carbonyl (C=O) groups excluding carboxylic acids is 1. The number of carbonyl (C=O) groups is 1. The molecule has 1 atom stereocenters. The van der Waals surface area contributed by atoms with Gasteiger partial charge in [-0.1, -0.05) is 27.5 Å². The second-order valence-electron chi connectivity index (χ2n) is 3.26. The molecule has 15 heavy (non-hydrogen) atoms. The maximum Gasteiger partial charge on any atom is 0.228 e. The van der Waals surface area contributed by atoms with Gasteiger partial charge in [0.05, 0.1) is 10.2 Å². The van der Waals surface area contributed by atoms with Crippen LogP contribution in [0.15, 0.2) is 16.7 Å². The lowest BCUT2D eigenvalue weighted by Gasteiger charge is -2.17. The maximum absolute atomic E-state index is 11.7. The molecule has 0 radical (unpaired) electrons. The van der Waals surface area contributed by atoms with E-state index in [4.69, 9.17) is 11.6 Å². The number of hydrogen-bond donors (Lipinski definition) is 0. The molecular weight excluding hydrogens is 347 g/mol. The van der Waals surface area contributed by atoms with E-state index >= 15 is 0 Å². The zero-order valence-corrected chi connectivity index (χ0v) is 11.5. The molecule has 1 amide bonds. The smallest absolute Gasteiger partial charge is 0.228 e. The van der Waals surface area contributed by atoms with Crippen LogP contribution in [-0.4, -0.2) is 22.3 Å². The average Bonchev–Trinajstić information content (AvgIpc) is 2.50. The summed E-state index contributed by atoms with van der Waals surface area (Å²) in [7, 11) is 0. The molecule has 1 aromatic heterocycles. The minimum absolute atomic E-state index is 0.0971. The fraction of sp³-hybridized carbons (Fsp3) is 0.333. The van der Waals surface area contributed by atoms with Crippen molar-refractivity contribution >= 4 is 55.1 Å². The monoisotopic (exact) mass is 352 g/mol. The molecule has 1 unspecified atom stereocenters. The van der Waals surface area contributed by atoms with E-state index in [1.165, 1.54) is 0 Å². The Morgan fingerprint density at radius 2 is 2.33 bits per heavy atom. The van der Waals surface area contributed by atoms with Crippen molar-refractivity contribution in [3.63, 3.8) is 0 Å². The zero-order chi connectivity index (χ0) is 11.0. The lowest BCUT2D eigenvalue weighted by atomic mass is 10.3. The van der Waals surface area contributed by atoms with Gasteiger partial charge in [-0.2, -0.15) is 0 Å². The van der Waals surface area contributed by atoms with Gasteiger partial charge in [-0.15, -0.1) is 0 Å². The van der Waals surface area contributed by atoms with E-state index in [9.17, 15) is 4.79 Å². The Morgan fingerprint density at radius 1 is 1.60 bits per heavy atom. The van der Waals surface area contributed by atoms with Crippen molar-refractivity contribution in [2.75, 3.05) is 11.4 Å². The van der Waals surface area contributed by atoms with Gasteiger partial charge in [0, 0.05) is 30.1 Å². The highest BCUT2D eigenvalue weighted by atomic mass is 79.9. The number of alkyl halides is 1. The lowest BCUT2D eigenvalue weighted by molar-refractivity contribution is -0.117. The third-order valence-electron chi connectivity index (χ3n) is 2.17. The second-order valence-corrected chi connectivity index (χ2v) is 5.80. The highest BCUT2D eigenvalue weighted by Gasteiger charge is 2.30. The van der Waals surface area contributed by atoms with Crippen molar-refractivity contribution < 1.29 is 4.79 Å². The van der Waals surface area contributed by atoms with E-state index in [1.54, 1.807) is 17.2 Å². The summed E-state index contributed by atoms with van der Waals surface area (Å²) in [6.07, 6.45) is 2.12. The first kappa shape index (κ1) is 11.4. The van der Waals surface area contributed by atoms with E-state index in [0.29, 0.717) is 18.1 Å². The van der Waals surface area contributed by atoms with Gasteiger partial charge >= 0.3 is 0 Å². The van der Waals surface area contributed by atoms with Crippen molar-refractivity contribution in [3.8, 4) is 0 Å². The third-order valence-corrected chi connectivity index (χ3v) is 3.60. The lowest BCUT2D eigenvalue weighted by Crippen LogP contribution is -2.25. The second kappa shape index (κ2) is 4.39. The molecule has 1 fully saturated rings. The van der Waals surface area contributed by atoms with Crippen molar-refractivity contribution in [3.05, 3.63) is 21.9 Å². The summed E-state index contributed by atoms with van der Waals surface area (Å²) in [5, 5.41) is 0.388. The summed E-state index contributed by atoms with van der Waals surface area (Å²) in [5.74, 6) is 0.0971. The molecule has 3 nitrogen and oxygen atoms in total. The molecule has 1 aromatic rings. The average molecular weight is 354 g/mol. The number of pyridine rings is 1. The largest absolute Gasteiger partial charge is 0.310 e. The number of nitrogens with zero attached hydrogens (tertiary/aromatic N) is 2. The number of anilines is 1. The number of hydrogen-bond acceptors (Lipinski definition) is 2. The van der Waals surface area contributed by atoms with Crippen LogP contribution in [0.2, 0.25) is 5.15 Å². The summed E-state index contributed by atoms with van der Waals surface area (Å²) in [5.41, 5.74) is 0.780. The predicted molar refractivity (Wildman–Crippen MR) is 66.6 cm³/mol. The molecule has 6 heteroatoms. The number of halogens is 3. The van der Waals surface area contributed by atoms with E-state index in [1.807, 2.05) is 0 Å². The van der Waals surface area contributed by atoms with Crippen LogP contribution in [-0.2, 0) is 4.79 Å². The van der Waals surface area contributed by atoms with Gasteiger partial charge in [0.1, 0.15) is 5.15 Å². The van der Waals surface area contributed by atoms with Crippen molar-refractivity contribution in [2.24, 2.45) is 0 Å². The quantitative estimate of drug-likeness (QED) is 0.574. The molecule has 2 heterocycles. The molecule has 2 rings (SSSR count). The van der Waals surface area contributed by atoms with Gasteiger partial charge in [0.15, 0.2) is 0 Å². The van der Waals surface area contributed by atoms with Crippen LogP contribution < -0.4 is 4.90 Å². The first-order valence-electron chi connectivity index (χ1n) is 4.33. The molecule has 1 aliphatic rings. The molecular formula is C9H7Br2ClN2O. The first-order valence-corrected chi connectivity index (χ1v) is 6.42. The summed E-state index contributed by atoms with van der Waals surface area (Å²) in [4.78, 5) is 17.5. The Kier molecular flexibility index (Phi) is 3.33. The first-order chi connectivity index (χ1) is 7.08. The van der Waals surface area contributed by atoms with Crippen LogP contribution in [0.5, 0.6) is 0 Å². The highest BCUT2D eigenvalue weighted by Crippen LogP contribution is 2.32. The van der Waals surface area contributed by atoms with Crippen molar-refractivity contribution in [1.82, 2.24) is 4.98 Å². The summed E-state index contributed by atoms with van der Waals surface area (Å²) >= 11 is 12.6. The molecule has 1 aliphatic heterocycles. The molecule has 0 N–H and O–H groups in total. The molecule has 80 valence electrons. The normalized spacial score (nSPS) is 21.1. The summed E-state index contributed by atoms with van der Waals surface area (Å²) in [6, 6.07) is 1.69. The van der Waals surface area contributed by atoms with Gasteiger partial charge in [-0.05, 0) is 15.9 Å². The molecule has 0 aliphatic carbocycles. The van der Waals surface area contributed by atoms with E-state index in [2.05, 4.69) is 36.8 Å². The summed E-state index contributed by atoms with van der Waals surface area (Å²) < 4.78 is 0.779. The zero-order valence-electron chi connectivity index (χ0n) is 7.58. The summed E-state index contributed by atoms with van der Waals surface area (Å²) in [6.45, 7) is 0.664. The third kappa shape index (κ3) is 2.34. The predicted octanol–water partition coefficient (Wildman–Crippen LogP) is 3.00. The number of aromatic nitrogens is 1. The Hall–Kier alpha value is -0.130. The fourth-order valence-corrected chi connectivity index (χ4v) is 2.66. The van der Waals surface area contributed by atoms with Crippen LogP contribution in [0.25, 0.3) is 0 Å². The highest BCUT2D eigenvalue weighted by molar-refractivity contribution is 9.10. The van der Waals surface area contributed by atoms with Gasteiger partial charge in [0.25, 0.3) is 0 Å². The Balaban J connectivity index is 2.37. The van der Waals surface area contributed by atoms with Crippen molar-refractivity contribution in [2.45, 2.75) is 11.2 Å². The van der Waals surface area contributed by atoms with E-state index in [-0.39, 0.29) is 10.7 Å². The van der Waals surface area contributed by atoms with Gasteiger partial charge < -0.3 is 4.90 Å². The van der Waals surface area contributed by atoms with Crippen LogP contribution in [0.4, 0.5) is 5.69 Å². The molecule has 0 saturated carbocycles. The molecule has 1 saturated heterocycles. The Morgan fingerprint density at radius 3 is 2.93 bits per heavy atom. The van der Waals surface area contributed by atoms with Crippen LogP contribution in [0.1, 0.15) is 6.42 Å². The standard InChI is InChI=1S/C9H7Br2ClN2O/c10-5-1-9(15)14(4-5)7-2-8(12)13-3-6(7)11/h2-3,5H,1,4H2. The maximum atomic E-state index is 11.7. The number of amides is 1. The van der Waals surface area contributed by atoms with Crippen molar-refractivity contribution in [1.29, 1.82) is 0 Å². The molecule has 0 spiro atoms. The minimum Gasteiger partial charge on any atom is -0.310 e. The van der Waals surface area contributed by atoms with Crippen LogP contribution in [0.3, 0.4) is 0 Å². The Labute approximate surface area is 109 Å². The number of rotatable bonds is 1. The van der Waals surface area contributed by atoms with E-state index in [0.717, 1.165) is 10.2 Å². The van der Waals surface area contributed by atoms with Gasteiger partial charge in [0.2, 0.25) is 5.91 Å². The SMILES string of the molecule is O=C1CC(Br)CN1c1cc(Cl)ncc1Br. The van der Waals surface area contributed by atoms with Gasteiger partial charge in [-0.25, -0.2) is 4.98 Å². The van der Waals surface area contributed by atoms with E-state index < -0.39 is 0 Å². The Bertz CT molecular complexity index is 413. The molecule has 0 aromatic carbocycles. The topological polar surface area (TPSA) is 33.2 Å².